The van der Waals surface area contributed by atoms with E-state index >= 15 is 0 Å². The molecule has 0 radical (unpaired) electrons. The molecule has 1 nitrogen and oxygen atoms in total. The van der Waals surface area contributed by atoms with E-state index in [4.69, 9.17) is 0 Å². The molecule has 1 atom stereocenters. The Labute approximate surface area is 98.2 Å². The second-order valence-corrected chi connectivity index (χ2v) is 6.39. The van der Waals surface area contributed by atoms with Crippen molar-refractivity contribution in [3.63, 3.8) is 0 Å². The van der Waals surface area contributed by atoms with Crippen molar-refractivity contribution in [3.05, 3.63) is 21.9 Å². The Morgan fingerprint density at radius 2 is 2.29 bits per heavy atom. The molecular formula is C11H16BrNS. The van der Waals surface area contributed by atoms with Gasteiger partial charge in [-0.15, -0.1) is 11.3 Å². The predicted molar refractivity (Wildman–Crippen MR) is 66.3 cm³/mol. The quantitative estimate of drug-likeness (QED) is 0.765. The molecule has 1 saturated heterocycles. The minimum atomic E-state index is 0.716. The average Bonchev–Trinajstić information content (AvgIpc) is 2.76. The number of hydrogen-bond acceptors (Lipinski definition) is 2. The summed E-state index contributed by atoms with van der Waals surface area (Å²) in [5, 5.41) is 0. The Hall–Kier alpha value is 0.140. The zero-order valence-corrected chi connectivity index (χ0v) is 10.9. The molecule has 0 N–H and O–H groups in total. The molecule has 1 unspecified atom stereocenters. The third-order valence-corrected chi connectivity index (χ3v) is 4.62. The van der Waals surface area contributed by atoms with Crippen LogP contribution in [0.3, 0.4) is 0 Å². The number of aryl methyl sites for hydroxylation is 1. The van der Waals surface area contributed by atoms with Crippen LogP contribution in [-0.2, 0) is 13.0 Å². The Bertz CT molecular complexity index is 297. The van der Waals surface area contributed by atoms with Crippen LogP contribution in [0.5, 0.6) is 0 Å². The van der Waals surface area contributed by atoms with Crippen molar-refractivity contribution in [3.8, 4) is 0 Å². The van der Waals surface area contributed by atoms with E-state index in [2.05, 4.69) is 39.9 Å². The first-order chi connectivity index (χ1) is 6.78. The first kappa shape index (κ1) is 10.7. The van der Waals surface area contributed by atoms with Crippen LogP contribution >= 0.6 is 27.3 Å². The van der Waals surface area contributed by atoms with Crippen LogP contribution in [0.25, 0.3) is 0 Å². The molecule has 1 aromatic heterocycles. The fourth-order valence-corrected chi connectivity index (χ4v) is 3.46. The third kappa shape index (κ3) is 2.59. The highest BCUT2D eigenvalue weighted by molar-refractivity contribution is 9.09. The maximum Gasteiger partial charge on any atom is 0.0328 e. The summed E-state index contributed by atoms with van der Waals surface area (Å²) in [5.74, 6) is 0. The van der Waals surface area contributed by atoms with Gasteiger partial charge in [-0.05, 0) is 31.5 Å². The first-order valence-corrected chi connectivity index (χ1v) is 6.95. The number of thiophene rings is 1. The van der Waals surface area contributed by atoms with E-state index in [1.54, 1.807) is 0 Å². The molecule has 1 aromatic rings. The lowest BCUT2D eigenvalue weighted by atomic mass is 10.3. The lowest BCUT2D eigenvalue weighted by Crippen LogP contribution is -2.19. The third-order valence-electron chi connectivity index (χ3n) is 2.66. The second kappa shape index (κ2) is 4.77. The topological polar surface area (TPSA) is 3.24 Å². The van der Waals surface area contributed by atoms with E-state index in [0.29, 0.717) is 4.83 Å². The monoisotopic (exact) mass is 273 g/mol. The van der Waals surface area contributed by atoms with E-state index in [0.717, 1.165) is 6.54 Å². The highest BCUT2D eigenvalue weighted by Gasteiger charge is 2.19. The second-order valence-electron chi connectivity index (χ2n) is 3.84. The number of nitrogens with zero attached hydrogens (tertiary/aromatic N) is 1. The molecule has 0 spiro atoms. The molecule has 2 rings (SSSR count). The fraction of sp³-hybridized carbons (Fsp3) is 0.636. The maximum absolute atomic E-state index is 3.67. The summed E-state index contributed by atoms with van der Waals surface area (Å²) in [7, 11) is 0. The van der Waals surface area contributed by atoms with Crippen LogP contribution in [0.15, 0.2) is 12.1 Å². The van der Waals surface area contributed by atoms with Crippen molar-refractivity contribution in [1.29, 1.82) is 0 Å². The van der Waals surface area contributed by atoms with Crippen LogP contribution in [0.2, 0.25) is 0 Å². The van der Waals surface area contributed by atoms with Crippen LogP contribution < -0.4 is 0 Å². The predicted octanol–water partition coefficient (Wildman–Crippen LogP) is 3.28. The summed E-state index contributed by atoms with van der Waals surface area (Å²) in [6, 6.07) is 4.55. The van der Waals surface area contributed by atoms with Crippen LogP contribution in [0, 0.1) is 0 Å². The molecule has 78 valence electrons. The van der Waals surface area contributed by atoms with Crippen molar-refractivity contribution in [2.24, 2.45) is 0 Å². The fourth-order valence-electron chi connectivity index (χ4n) is 1.85. The zero-order chi connectivity index (χ0) is 9.97. The van der Waals surface area contributed by atoms with Gasteiger partial charge >= 0.3 is 0 Å². The van der Waals surface area contributed by atoms with Crippen LogP contribution in [-0.4, -0.2) is 22.8 Å². The van der Waals surface area contributed by atoms with E-state index in [1.165, 1.54) is 35.7 Å². The van der Waals surface area contributed by atoms with Gasteiger partial charge in [0, 0.05) is 27.7 Å². The van der Waals surface area contributed by atoms with Crippen LogP contribution in [0.1, 0.15) is 23.1 Å². The van der Waals surface area contributed by atoms with Gasteiger partial charge in [0.15, 0.2) is 0 Å². The SMILES string of the molecule is CCc1ccc(CN2CCC(Br)C2)s1. The molecule has 2 heterocycles. The standard InChI is InChI=1S/C11H16BrNS/c1-2-10-3-4-11(14-10)8-13-6-5-9(12)7-13/h3-4,9H,2,5-8H2,1H3. The minimum absolute atomic E-state index is 0.716. The van der Waals surface area contributed by atoms with Crippen molar-refractivity contribution < 1.29 is 0 Å². The Balaban J connectivity index is 1.90. The van der Waals surface area contributed by atoms with Gasteiger partial charge in [-0.2, -0.15) is 0 Å². The van der Waals surface area contributed by atoms with Gasteiger partial charge in [0.2, 0.25) is 0 Å². The summed E-state index contributed by atoms with van der Waals surface area (Å²) in [6.07, 6.45) is 2.47. The van der Waals surface area contributed by atoms with Gasteiger partial charge in [-0.25, -0.2) is 0 Å². The van der Waals surface area contributed by atoms with Crippen molar-refractivity contribution in [1.82, 2.24) is 4.90 Å². The van der Waals surface area contributed by atoms with Gasteiger partial charge in [0.05, 0.1) is 0 Å². The van der Waals surface area contributed by atoms with Crippen LogP contribution in [0.4, 0.5) is 0 Å². The first-order valence-electron chi connectivity index (χ1n) is 5.22. The molecule has 14 heavy (non-hydrogen) atoms. The summed E-state index contributed by atoms with van der Waals surface area (Å²) >= 11 is 5.64. The summed E-state index contributed by atoms with van der Waals surface area (Å²) in [5.41, 5.74) is 0. The molecule has 0 amide bonds. The Morgan fingerprint density at radius 1 is 1.50 bits per heavy atom. The molecule has 1 fully saturated rings. The van der Waals surface area contributed by atoms with Gasteiger partial charge in [0.25, 0.3) is 0 Å². The summed E-state index contributed by atoms with van der Waals surface area (Å²) < 4.78 is 0. The molecule has 1 aliphatic rings. The lowest BCUT2D eigenvalue weighted by molar-refractivity contribution is 0.336. The summed E-state index contributed by atoms with van der Waals surface area (Å²) in [4.78, 5) is 6.27. The lowest BCUT2D eigenvalue weighted by Gasteiger charge is -2.12. The average molecular weight is 274 g/mol. The molecule has 0 aromatic carbocycles. The largest absolute Gasteiger partial charge is 0.297 e. The minimum Gasteiger partial charge on any atom is -0.297 e. The molecule has 0 aliphatic carbocycles. The smallest absolute Gasteiger partial charge is 0.0328 e. The van der Waals surface area contributed by atoms with E-state index in [1.807, 2.05) is 11.3 Å². The van der Waals surface area contributed by atoms with E-state index < -0.39 is 0 Å². The molecular weight excluding hydrogens is 258 g/mol. The number of likely N-dealkylation sites (tertiary alicyclic amines) is 1. The highest BCUT2D eigenvalue weighted by atomic mass is 79.9. The van der Waals surface area contributed by atoms with Crippen molar-refractivity contribution in [2.75, 3.05) is 13.1 Å². The normalized spacial score (nSPS) is 23.1. The van der Waals surface area contributed by atoms with E-state index in [-0.39, 0.29) is 0 Å². The Morgan fingerprint density at radius 3 is 2.86 bits per heavy atom. The number of rotatable bonds is 3. The zero-order valence-electron chi connectivity index (χ0n) is 8.50. The van der Waals surface area contributed by atoms with Crippen molar-refractivity contribution >= 4 is 27.3 Å². The van der Waals surface area contributed by atoms with Gasteiger partial charge in [-0.3, -0.25) is 4.90 Å². The summed E-state index contributed by atoms with van der Waals surface area (Å²) in [6.45, 7) is 5.82. The molecule has 1 aliphatic heterocycles. The van der Waals surface area contributed by atoms with E-state index in [9.17, 15) is 0 Å². The molecule has 0 saturated carbocycles. The molecule has 0 bridgehead atoms. The van der Waals surface area contributed by atoms with Gasteiger partial charge in [-0.1, -0.05) is 22.9 Å². The number of alkyl halides is 1. The van der Waals surface area contributed by atoms with Crippen molar-refractivity contribution in [2.45, 2.75) is 31.1 Å². The maximum atomic E-state index is 3.67. The highest BCUT2D eigenvalue weighted by Crippen LogP contribution is 2.23. The molecule has 3 heteroatoms. The van der Waals surface area contributed by atoms with Gasteiger partial charge in [0.1, 0.15) is 0 Å². The Kier molecular flexibility index (Phi) is 3.63. The van der Waals surface area contributed by atoms with Gasteiger partial charge < -0.3 is 0 Å². The number of halogens is 1. The number of hydrogen-bond donors (Lipinski definition) is 0.